The van der Waals surface area contributed by atoms with E-state index >= 15 is 0 Å². The van der Waals surface area contributed by atoms with Crippen molar-refractivity contribution in [1.82, 2.24) is 14.5 Å². The van der Waals surface area contributed by atoms with Crippen molar-refractivity contribution >= 4 is 11.0 Å². The van der Waals surface area contributed by atoms with E-state index in [-0.39, 0.29) is 23.0 Å². The highest BCUT2D eigenvalue weighted by Crippen LogP contribution is 2.44. The number of aromatic hydroxyl groups is 1. The summed E-state index contributed by atoms with van der Waals surface area (Å²) in [5, 5.41) is 12.2. The minimum absolute atomic E-state index is 0.0977. The number of hydrogen-bond donors (Lipinski definition) is 1. The highest BCUT2D eigenvalue weighted by atomic mass is 16.3. The van der Waals surface area contributed by atoms with Crippen LogP contribution in [0.4, 0.5) is 0 Å². The quantitative estimate of drug-likeness (QED) is 0.159. The molecule has 4 heteroatoms. The van der Waals surface area contributed by atoms with E-state index in [1.807, 2.05) is 44.3 Å². The lowest BCUT2D eigenvalue weighted by molar-refractivity contribution is 0.466. The number of nitrogens with zero attached hydrogens (tertiary/aromatic N) is 3. The van der Waals surface area contributed by atoms with E-state index in [0.717, 1.165) is 78.0 Å². The Morgan fingerprint density at radius 2 is 1.25 bits per heavy atom. The Morgan fingerprint density at radius 3 is 1.90 bits per heavy atom. The fourth-order valence-electron chi connectivity index (χ4n) is 7.99. The molecule has 0 aliphatic heterocycles. The Bertz CT molecular complexity index is 2840. The zero-order chi connectivity index (χ0) is 42.5. The normalized spacial score (nSPS) is 12.4. The van der Waals surface area contributed by atoms with Gasteiger partial charge in [0.25, 0.3) is 0 Å². The van der Waals surface area contributed by atoms with Gasteiger partial charge in [-0.15, -0.1) is 0 Å². The van der Waals surface area contributed by atoms with Crippen LogP contribution < -0.4 is 0 Å². The minimum Gasteiger partial charge on any atom is -0.507 e. The molecule has 59 heavy (non-hydrogen) atoms. The number of rotatable bonds is 9. The third-order valence-corrected chi connectivity index (χ3v) is 11.5. The van der Waals surface area contributed by atoms with Crippen molar-refractivity contribution in [3.8, 4) is 67.5 Å². The Hall–Kier alpha value is -6.26. The first-order valence-electron chi connectivity index (χ1n) is 21.3. The molecule has 0 unspecified atom stereocenters. The topological polar surface area (TPSA) is 50.9 Å². The molecule has 8 aromatic rings. The predicted octanol–water partition coefficient (Wildman–Crippen LogP) is 15.1. The van der Waals surface area contributed by atoms with Gasteiger partial charge in [0.2, 0.25) is 0 Å². The van der Waals surface area contributed by atoms with Gasteiger partial charge in [0.15, 0.2) is 0 Å². The van der Waals surface area contributed by atoms with E-state index in [1.165, 1.54) is 5.56 Å². The lowest BCUT2D eigenvalue weighted by Crippen LogP contribution is -2.11. The summed E-state index contributed by atoms with van der Waals surface area (Å²) in [6, 6.07) is 48.9. The highest BCUT2D eigenvalue weighted by molar-refractivity contribution is 5.97. The fourth-order valence-corrected chi connectivity index (χ4v) is 7.99. The molecule has 1 N–H and O–H groups in total. The molecule has 0 aliphatic rings. The third-order valence-electron chi connectivity index (χ3n) is 11.5. The average molecular weight is 775 g/mol. The second-order valence-electron chi connectivity index (χ2n) is 17.7. The summed E-state index contributed by atoms with van der Waals surface area (Å²) >= 11 is 0. The third kappa shape index (κ3) is 7.84. The van der Waals surface area contributed by atoms with Gasteiger partial charge in [0.1, 0.15) is 11.6 Å². The Labute approximate surface area is 351 Å². The van der Waals surface area contributed by atoms with Crippen LogP contribution in [-0.4, -0.2) is 19.6 Å². The molecule has 0 spiro atoms. The smallest absolute Gasteiger partial charge is 0.149 e. The first kappa shape index (κ1) is 38.3. The lowest BCUT2D eigenvalue weighted by atomic mass is 9.83. The van der Waals surface area contributed by atoms with Gasteiger partial charge in [0, 0.05) is 24.4 Å². The summed E-state index contributed by atoms with van der Waals surface area (Å²) < 4.78 is 11.4. The van der Waals surface area contributed by atoms with Crippen LogP contribution in [0.3, 0.4) is 0 Å². The Morgan fingerprint density at radius 1 is 0.576 bits per heavy atom. The van der Waals surface area contributed by atoms with Crippen LogP contribution in [0, 0.1) is 0 Å². The average Bonchev–Trinajstić information content (AvgIpc) is 3.63. The maximum absolute atomic E-state index is 12.2. The minimum atomic E-state index is -0.874. The van der Waals surface area contributed by atoms with Crippen molar-refractivity contribution in [2.24, 2.45) is 0 Å². The summed E-state index contributed by atoms with van der Waals surface area (Å²) in [5.74, 6) is 0.360. The molecule has 0 radical (unpaired) electrons. The van der Waals surface area contributed by atoms with Crippen LogP contribution in [0.1, 0.15) is 104 Å². The van der Waals surface area contributed by atoms with E-state index in [1.54, 1.807) is 0 Å². The highest BCUT2D eigenvalue weighted by Gasteiger charge is 2.25. The van der Waals surface area contributed by atoms with Crippen molar-refractivity contribution in [2.75, 3.05) is 0 Å². The number of aromatic nitrogens is 3. The molecule has 296 valence electrons. The zero-order valence-corrected chi connectivity index (χ0v) is 35.8. The number of imidazole rings is 1. The molecule has 0 fully saturated rings. The van der Waals surface area contributed by atoms with Crippen LogP contribution >= 0.6 is 0 Å². The first-order valence-corrected chi connectivity index (χ1v) is 20.8. The molecule has 2 heterocycles. The molecular formula is C55H55N3O. The molecule has 0 bridgehead atoms. The zero-order valence-electron chi connectivity index (χ0n) is 36.8. The summed E-state index contributed by atoms with van der Waals surface area (Å²) in [7, 11) is 0. The van der Waals surface area contributed by atoms with Crippen molar-refractivity contribution in [1.29, 1.82) is 0 Å². The van der Waals surface area contributed by atoms with Crippen LogP contribution in [0.25, 0.3) is 72.7 Å². The molecule has 4 nitrogen and oxygen atoms in total. The SMILES string of the molecule is [2H]C(C)(C)c1cc(-c2ccccc2)cc(-n2c(-c3cc(C(C)C)cc(C(C)C)c3O)nc3c(-c4cc(-c5cc(-c6ccccc6)ccn5)cc(C(C)(C)C)c4)cccc32)c1. The number of hydrogen-bond acceptors (Lipinski definition) is 3. The number of phenols is 1. The maximum atomic E-state index is 12.2. The van der Waals surface area contributed by atoms with E-state index in [9.17, 15) is 6.48 Å². The molecule has 2 aromatic heterocycles. The van der Waals surface area contributed by atoms with Gasteiger partial charge in [-0.2, -0.15) is 0 Å². The molecule has 0 saturated carbocycles. The molecular weight excluding hydrogens is 719 g/mol. The van der Waals surface area contributed by atoms with Crippen molar-refractivity contribution < 1.29 is 6.48 Å². The number of para-hydroxylation sites is 1. The van der Waals surface area contributed by atoms with E-state index in [2.05, 4.69) is 168 Å². The molecule has 0 aliphatic carbocycles. The van der Waals surface area contributed by atoms with Gasteiger partial charge >= 0.3 is 0 Å². The van der Waals surface area contributed by atoms with Crippen molar-refractivity contribution in [3.05, 3.63) is 168 Å². The van der Waals surface area contributed by atoms with E-state index < -0.39 is 5.89 Å². The Balaban J connectivity index is 1.44. The number of phenolic OH excluding ortho intramolecular Hbond substituents is 1. The number of fused-ring (bicyclic) bond motifs is 1. The lowest BCUT2D eigenvalue weighted by Gasteiger charge is -2.22. The number of pyridine rings is 1. The molecule has 0 atom stereocenters. The monoisotopic (exact) mass is 774 g/mol. The van der Waals surface area contributed by atoms with Crippen LogP contribution in [0.15, 0.2) is 146 Å². The van der Waals surface area contributed by atoms with E-state index in [4.69, 9.17) is 9.97 Å². The standard InChI is InChI=1S/C55H55N3O/c1-34(2)40-25-42(38-19-14-11-15-20-38)30-46(29-40)58-51-22-16-21-47(52(51)57-54(58)49-32-41(35(3)4)31-48(36(5)6)53(49)59)43-26-44(28-45(27-43)55(7,8)9)50-33-39(23-24-56-50)37-17-12-10-13-18-37/h10-36,59H,1-9H3/i34D. The summed E-state index contributed by atoms with van der Waals surface area (Å²) in [4.78, 5) is 10.5. The largest absolute Gasteiger partial charge is 0.507 e. The number of benzene rings is 6. The molecule has 8 rings (SSSR count). The summed E-state index contributed by atoms with van der Waals surface area (Å²) in [6.45, 7) is 19.2. The molecule has 6 aromatic carbocycles. The van der Waals surface area contributed by atoms with Gasteiger partial charge in [-0.25, -0.2) is 4.98 Å². The van der Waals surface area contributed by atoms with Crippen molar-refractivity contribution in [3.63, 3.8) is 0 Å². The van der Waals surface area contributed by atoms with Crippen LogP contribution in [0.5, 0.6) is 5.75 Å². The van der Waals surface area contributed by atoms with Gasteiger partial charge in [0.05, 0.1) is 22.3 Å². The second-order valence-corrected chi connectivity index (χ2v) is 17.7. The maximum Gasteiger partial charge on any atom is 0.149 e. The molecule has 0 amide bonds. The Kier molecular flexibility index (Phi) is 10.3. The molecule has 0 saturated heterocycles. The van der Waals surface area contributed by atoms with Gasteiger partial charge in [-0.1, -0.05) is 153 Å². The van der Waals surface area contributed by atoms with Crippen molar-refractivity contribution in [2.45, 2.75) is 85.5 Å². The summed E-state index contributed by atoms with van der Waals surface area (Å²) in [5.41, 5.74) is 15.6. The predicted molar refractivity (Wildman–Crippen MR) is 249 cm³/mol. The van der Waals surface area contributed by atoms with Gasteiger partial charge < -0.3 is 5.11 Å². The van der Waals surface area contributed by atoms with Gasteiger partial charge in [-0.05, 0) is 122 Å². The van der Waals surface area contributed by atoms with Crippen LogP contribution in [0.2, 0.25) is 0 Å². The van der Waals surface area contributed by atoms with Crippen LogP contribution in [-0.2, 0) is 5.41 Å². The fraction of sp³-hybridized carbons (Fsp3) is 0.236. The van der Waals surface area contributed by atoms with E-state index in [0.29, 0.717) is 11.4 Å². The van der Waals surface area contributed by atoms with Gasteiger partial charge in [-0.3, -0.25) is 9.55 Å². The second kappa shape index (κ2) is 15.8. The first-order chi connectivity index (χ1) is 28.6. The summed E-state index contributed by atoms with van der Waals surface area (Å²) in [6.07, 6.45) is 1.90.